The largest absolute Gasteiger partial charge is 0.494 e. The summed E-state index contributed by atoms with van der Waals surface area (Å²) in [6, 6.07) is 8.58. The number of aromatic nitrogens is 6. The van der Waals surface area contributed by atoms with Crippen LogP contribution in [0.4, 0.5) is 0 Å². The van der Waals surface area contributed by atoms with Gasteiger partial charge in [0.25, 0.3) is 0 Å². The molecule has 36 heavy (non-hydrogen) atoms. The van der Waals surface area contributed by atoms with Gasteiger partial charge in [-0.1, -0.05) is 12.1 Å². The number of nitrogens with one attached hydrogen (secondary N) is 1. The summed E-state index contributed by atoms with van der Waals surface area (Å²) in [5.74, 6) is -1.03. The SMILES string of the molecule is COc1cccc(OC)c1-n1c(C(=O)NS(=O)(=O)Cc2ncc(C)cn2)nnc1-c1ccc(C)cn1.[HH]. The van der Waals surface area contributed by atoms with Gasteiger partial charge in [-0.25, -0.2) is 23.1 Å². The van der Waals surface area contributed by atoms with Gasteiger partial charge in [0, 0.05) is 20.0 Å². The van der Waals surface area contributed by atoms with Crippen LogP contribution in [0, 0.1) is 13.8 Å². The molecule has 188 valence electrons. The van der Waals surface area contributed by atoms with Crippen molar-refractivity contribution < 1.29 is 24.1 Å². The zero-order chi connectivity index (χ0) is 25.9. The van der Waals surface area contributed by atoms with Gasteiger partial charge in [0.2, 0.25) is 15.8 Å². The molecule has 4 rings (SSSR count). The highest BCUT2D eigenvalue weighted by molar-refractivity contribution is 7.89. The molecule has 0 aliphatic rings. The van der Waals surface area contributed by atoms with E-state index in [9.17, 15) is 13.2 Å². The Labute approximate surface area is 208 Å². The number of sulfonamides is 1. The Morgan fingerprint density at radius 3 is 2.17 bits per heavy atom. The smallest absolute Gasteiger partial charge is 0.303 e. The molecule has 0 aliphatic heterocycles. The van der Waals surface area contributed by atoms with Crippen LogP contribution in [0.1, 0.15) is 29.0 Å². The van der Waals surface area contributed by atoms with E-state index in [1.54, 1.807) is 37.4 Å². The summed E-state index contributed by atoms with van der Waals surface area (Å²) in [6.07, 6.45) is 4.62. The summed E-state index contributed by atoms with van der Waals surface area (Å²) in [4.78, 5) is 25.6. The predicted octanol–water partition coefficient (Wildman–Crippen LogP) is 2.26. The summed E-state index contributed by atoms with van der Waals surface area (Å²) < 4.78 is 39.9. The van der Waals surface area contributed by atoms with Gasteiger partial charge in [-0.3, -0.25) is 14.3 Å². The number of methoxy groups -OCH3 is 2. The van der Waals surface area contributed by atoms with Crippen LogP contribution >= 0.6 is 0 Å². The molecule has 0 saturated heterocycles. The number of ether oxygens (including phenoxy) is 2. The standard InChI is InChI=1S/C23H23N7O5S.H2/c1-14-8-9-16(24-10-14)21-27-28-22(30(21)20-17(34-3)6-5-7-18(20)35-4)23(31)29-36(32,33)13-19-25-11-15(2)12-26-19;/h5-12H,13H2,1-4H3,(H,29,31);1H. The van der Waals surface area contributed by atoms with Crippen molar-refractivity contribution in [3.05, 3.63) is 71.7 Å². The minimum Gasteiger partial charge on any atom is -0.494 e. The fourth-order valence-electron chi connectivity index (χ4n) is 3.35. The summed E-state index contributed by atoms with van der Waals surface area (Å²) in [7, 11) is -1.26. The lowest BCUT2D eigenvalue weighted by Gasteiger charge is -2.17. The Bertz CT molecular complexity index is 1490. The maximum Gasteiger partial charge on any atom is 0.303 e. The van der Waals surface area contributed by atoms with Crippen LogP contribution in [0.15, 0.2) is 48.9 Å². The Morgan fingerprint density at radius 2 is 1.58 bits per heavy atom. The monoisotopic (exact) mass is 511 g/mol. The highest BCUT2D eigenvalue weighted by Crippen LogP contribution is 2.36. The predicted molar refractivity (Wildman–Crippen MR) is 131 cm³/mol. The molecule has 0 unspecified atom stereocenters. The molecular formula is C23H25N7O5S. The number of carbonyl (C=O) groups excluding carboxylic acids is 1. The van der Waals surface area contributed by atoms with E-state index in [0.29, 0.717) is 22.9 Å². The molecule has 0 fully saturated rings. The van der Waals surface area contributed by atoms with Gasteiger partial charge in [0.1, 0.15) is 34.5 Å². The lowest BCUT2D eigenvalue weighted by Crippen LogP contribution is -2.34. The second-order valence-corrected chi connectivity index (χ2v) is 9.50. The fraction of sp³-hybridized carbons (Fsp3) is 0.217. The molecule has 0 saturated carbocycles. The molecule has 0 atom stereocenters. The first-order chi connectivity index (χ1) is 17.2. The van der Waals surface area contributed by atoms with Crippen LogP contribution in [0.2, 0.25) is 0 Å². The van der Waals surface area contributed by atoms with Gasteiger partial charge in [-0.15, -0.1) is 10.2 Å². The summed E-state index contributed by atoms with van der Waals surface area (Å²) in [5.41, 5.74) is 2.39. The Balaban J connectivity index is 0.00000380. The Kier molecular flexibility index (Phi) is 6.92. The zero-order valence-corrected chi connectivity index (χ0v) is 20.8. The molecule has 1 N–H and O–H groups in total. The van der Waals surface area contributed by atoms with Crippen molar-refractivity contribution in [3.63, 3.8) is 0 Å². The summed E-state index contributed by atoms with van der Waals surface area (Å²) in [5, 5.41) is 8.15. The molecule has 4 aromatic rings. The Hall–Kier alpha value is -4.39. The normalized spacial score (nSPS) is 11.2. The second-order valence-electron chi connectivity index (χ2n) is 7.78. The molecule has 12 nitrogen and oxygen atoms in total. The van der Waals surface area contributed by atoms with Crippen molar-refractivity contribution >= 4 is 15.9 Å². The minimum absolute atomic E-state index is 0. The number of hydrogen-bond donors (Lipinski definition) is 1. The van der Waals surface area contributed by atoms with Gasteiger partial charge in [0.15, 0.2) is 5.82 Å². The average molecular weight is 512 g/mol. The molecule has 0 bridgehead atoms. The van der Waals surface area contributed by atoms with Crippen molar-refractivity contribution in [1.82, 2.24) is 34.4 Å². The first-order valence-corrected chi connectivity index (χ1v) is 12.3. The van der Waals surface area contributed by atoms with E-state index in [0.717, 1.165) is 11.1 Å². The van der Waals surface area contributed by atoms with Crippen molar-refractivity contribution in [2.24, 2.45) is 0 Å². The van der Waals surface area contributed by atoms with Crippen LogP contribution in [0.3, 0.4) is 0 Å². The van der Waals surface area contributed by atoms with E-state index in [1.165, 1.54) is 31.2 Å². The van der Waals surface area contributed by atoms with Crippen LogP contribution in [0.5, 0.6) is 11.5 Å². The molecule has 13 heteroatoms. The molecule has 1 amide bonds. The number of hydrogen-bond acceptors (Lipinski definition) is 10. The van der Waals surface area contributed by atoms with E-state index in [4.69, 9.17) is 9.47 Å². The highest BCUT2D eigenvalue weighted by atomic mass is 32.2. The molecular weight excluding hydrogens is 486 g/mol. The van der Waals surface area contributed by atoms with E-state index >= 15 is 0 Å². The molecule has 0 aliphatic carbocycles. The minimum atomic E-state index is -4.17. The Morgan fingerprint density at radius 1 is 0.944 bits per heavy atom. The maximum atomic E-state index is 13.2. The van der Waals surface area contributed by atoms with Crippen LogP contribution in [-0.4, -0.2) is 58.3 Å². The third-order valence-corrected chi connectivity index (χ3v) is 6.17. The molecule has 0 radical (unpaired) electrons. The van der Waals surface area contributed by atoms with Crippen molar-refractivity contribution in [2.45, 2.75) is 19.6 Å². The van der Waals surface area contributed by atoms with Crippen LogP contribution in [0.25, 0.3) is 17.2 Å². The third kappa shape index (κ3) is 5.15. The third-order valence-electron chi connectivity index (χ3n) is 5.03. The first-order valence-electron chi connectivity index (χ1n) is 10.6. The number of aryl methyl sites for hydroxylation is 2. The second kappa shape index (κ2) is 10.1. The highest BCUT2D eigenvalue weighted by Gasteiger charge is 2.29. The van der Waals surface area contributed by atoms with Crippen molar-refractivity contribution in [3.8, 4) is 28.7 Å². The topological polar surface area (TPSA) is 151 Å². The van der Waals surface area contributed by atoms with E-state index in [1.807, 2.05) is 17.7 Å². The first kappa shape index (κ1) is 24.7. The quantitative estimate of drug-likeness (QED) is 0.373. The van der Waals surface area contributed by atoms with Crippen molar-refractivity contribution in [2.75, 3.05) is 14.2 Å². The number of pyridine rings is 1. The zero-order valence-electron chi connectivity index (χ0n) is 20.0. The summed E-state index contributed by atoms with van der Waals surface area (Å²) >= 11 is 0. The molecule has 1 aromatic carbocycles. The van der Waals surface area contributed by atoms with Gasteiger partial charge in [-0.05, 0) is 43.2 Å². The molecule has 3 heterocycles. The number of rotatable bonds is 8. The van der Waals surface area contributed by atoms with E-state index in [-0.39, 0.29) is 18.9 Å². The number of para-hydroxylation sites is 1. The lowest BCUT2D eigenvalue weighted by atomic mass is 10.2. The van der Waals surface area contributed by atoms with Gasteiger partial charge < -0.3 is 9.47 Å². The average Bonchev–Trinajstić information content (AvgIpc) is 3.29. The molecule has 3 aromatic heterocycles. The van der Waals surface area contributed by atoms with Gasteiger partial charge in [-0.2, -0.15) is 0 Å². The maximum absolute atomic E-state index is 13.2. The van der Waals surface area contributed by atoms with Crippen molar-refractivity contribution in [1.29, 1.82) is 0 Å². The van der Waals surface area contributed by atoms with Crippen LogP contribution in [-0.2, 0) is 15.8 Å². The number of benzene rings is 1. The lowest BCUT2D eigenvalue weighted by molar-refractivity contribution is 0.0969. The van der Waals surface area contributed by atoms with E-state index < -0.39 is 21.7 Å². The fourth-order valence-corrected chi connectivity index (χ4v) is 4.28. The number of amides is 1. The number of nitrogens with zero attached hydrogens (tertiary/aromatic N) is 6. The molecule has 0 spiro atoms. The number of carbonyl (C=O) groups is 1. The van der Waals surface area contributed by atoms with Gasteiger partial charge >= 0.3 is 5.91 Å². The summed E-state index contributed by atoms with van der Waals surface area (Å²) in [6.45, 7) is 3.66. The van der Waals surface area contributed by atoms with E-state index in [2.05, 4.69) is 25.1 Å². The van der Waals surface area contributed by atoms with Crippen LogP contribution < -0.4 is 14.2 Å². The van der Waals surface area contributed by atoms with Gasteiger partial charge in [0.05, 0.1) is 14.2 Å².